The molecule has 0 aliphatic carbocycles. The first-order chi connectivity index (χ1) is 14.8. The van der Waals surface area contributed by atoms with Crippen LogP contribution >= 0.6 is 23.2 Å². The number of benzene rings is 2. The van der Waals surface area contributed by atoms with E-state index in [1.807, 2.05) is 12.1 Å². The molecule has 1 unspecified atom stereocenters. The van der Waals surface area contributed by atoms with Gasteiger partial charge in [0.05, 0.1) is 19.0 Å². The number of carbonyl (C=O) groups excluding carboxylic acids is 1. The number of rotatable bonds is 7. The smallest absolute Gasteiger partial charge is 0.319 e. The molecule has 0 fully saturated rings. The number of anilines is 1. The van der Waals surface area contributed by atoms with Crippen LogP contribution in [0.5, 0.6) is 0 Å². The topological polar surface area (TPSA) is 100 Å². The van der Waals surface area contributed by atoms with E-state index in [-0.39, 0.29) is 18.7 Å². The van der Waals surface area contributed by atoms with Crippen molar-refractivity contribution in [3.8, 4) is 0 Å². The minimum atomic E-state index is -1.09. The summed E-state index contributed by atoms with van der Waals surface area (Å²) in [5.41, 5.74) is 0.923. The maximum Gasteiger partial charge on any atom is 0.319 e. The zero-order valence-electron chi connectivity index (χ0n) is 16.2. The number of hydrogen-bond donors (Lipinski definition) is 3. The Morgan fingerprint density at radius 3 is 2.52 bits per heavy atom. The van der Waals surface area contributed by atoms with Crippen molar-refractivity contribution in [2.75, 3.05) is 5.32 Å². The molecule has 0 bridgehead atoms. The van der Waals surface area contributed by atoms with Crippen molar-refractivity contribution in [1.82, 2.24) is 9.88 Å². The quantitative estimate of drug-likeness (QED) is 0.482. The molecule has 0 aliphatic rings. The van der Waals surface area contributed by atoms with E-state index in [1.54, 1.807) is 48.7 Å². The lowest BCUT2D eigenvalue weighted by molar-refractivity contribution is -0.137. The van der Waals surface area contributed by atoms with Crippen LogP contribution < -0.4 is 16.2 Å². The first-order valence-corrected chi connectivity index (χ1v) is 10.1. The van der Waals surface area contributed by atoms with E-state index in [0.717, 1.165) is 5.56 Å². The number of urea groups is 1. The normalized spacial score (nSPS) is 11.5. The summed E-state index contributed by atoms with van der Waals surface area (Å²) in [7, 11) is 0. The molecule has 3 N–H and O–H groups in total. The molecule has 3 aromatic rings. The highest BCUT2D eigenvalue weighted by molar-refractivity contribution is 6.31. The molecule has 3 rings (SSSR count). The minimum absolute atomic E-state index is 0.0484. The molecule has 0 saturated heterocycles. The number of carboxylic acids is 1. The van der Waals surface area contributed by atoms with Gasteiger partial charge in [-0.1, -0.05) is 53.5 Å². The van der Waals surface area contributed by atoms with Crippen LogP contribution in [0.25, 0.3) is 0 Å². The Hall–Kier alpha value is -3.29. The molecule has 9 heteroatoms. The monoisotopic (exact) mass is 459 g/mol. The fourth-order valence-electron chi connectivity index (χ4n) is 3.03. The molecule has 0 spiro atoms. The second-order valence-electron chi connectivity index (χ2n) is 6.75. The summed E-state index contributed by atoms with van der Waals surface area (Å²) < 4.78 is 1.42. The zero-order valence-corrected chi connectivity index (χ0v) is 17.7. The summed E-state index contributed by atoms with van der Waals surface area (Å²) >= 11 is 12.1. The van der Waals surface area contributed by atoms with E-state index in [1.165, 1.54) is 10.6 Å². The zero-order chi connectivity index (χ0) is 22.4. The fraction of sp³-hybridized carbons (Fsp3) is 0.136. The van der Waals surface area contributed by atoms with Gasteiger partial charge in [0.15, 0.2) is 0 Å². The van der Waals surface area contributed by atoms with E-state index in [9.17, 15) is 19.5 Å². The number of hydrogen-bond acceptors (Lipinski definition) is 3. The van der Waals surface area contributed by atoms with Gasteiger partial charge in [0.25, 0.3) is 5.56 Å². The minimum Gasteiger partial charge on any atom is -0.481 e. The molecule has 160 valence electrons. The van der Waals surface area contributed by atoms with Crippen LogP contribution in [-0.4, -0.2) is 21.7 Å². The van der Waals surface area contributed by atoms with Gasteiger partial charge in [-0.25, -0.2) is 4.79 Å². The van der Waals surface area contributed by atoms with Crippen LogP contribution in [0, 0.1) is 0 Å². The average molecular weight is 460 g/mol. The SMILES string of the molecule is O=C(O)CC(NC(=O)Nc1cccn(Cc2ccccc2Cl)c1=O)c1cccc(Cl)c1. The van der Waals surface area contributed by atoms with E-state index >= 15 is 0 Å². The number of nitrogens with one attached hydrogen (secondary N) is 2. The van der Waals surface area contributed by atoms with Gasteiger partial charge < -0.3 is 20.3 Å². The molecule has 31 heavy (non-hydrogen) atoms. The van der Waals surface area contributed by atoms with E-state index in [0.29, 0.717) is 15.6 Å². The second-order valence-corrected chi connectivity index (χ2v) is 7.59. The summed E-state index contributed by atoms with van der Waals surface area (Å²) in [5.74, 6) is -1.09. The molecule has 0 radical (unpaired) electrons. The number of carboxylic acid groups (broad SMARTS) is 1. The van der Waals surface area contributed by atoms with Gasteiger partial charge in [0.1, 0.15) is 5.69 Å². The number of aromatic nitrogens is 1. The number of halogens is 2. The van der Waals surface area contributed by atoms with Crippen molar-refractivity contribution in [1.29, 1.82) is 0 Å². The van der Waals surface area contributed by atoms with Gasteiger partial charge in [0.2, 0.25) is 0 Å². The third kappa shape index (κ3) is 6.10. The number of carbonyl (C=O) groups is 2. The van der Waals surface area contributed by atoms with Gasteiger partial charge in [-0.3, -0.25) is 9.59 Å². The van der Waals surface area contributed by atoms with Crippen molar-refractivity contribution in [2.45, 2.75) is 19.0 Å². The Labute approximate surface area is 188 Å². The first kappa shape index (κ1) is 22.4. The van der Waals surface area contributed by atoms with E-state index in [2.05, 4.69) is 10.6 Å². The highest BCUT2D eigenvalue weighted by Crippen LogP contribution is 2.21. The summed E-state index contributed by atoms with van der Waals surface area (Å²) in [6, 6.07) is 15.3. The Kier molecular flexibility index (Phi) is 7.33. The van der Waals surface area contributed by atoms with Gasteiger partial charge in [0, 0.05) is 16.2 Å². The summed E-state index contributed by atoms with van der Waals surface area (Å²) in [5, 5.41) is 15.2. The van der Waals surface area contributed by atoms with E-state index < -0.39 is 23.6 Å². The maximum atomic E-state index is 12.8. The van der Waals surface area contributed by atoms with Crippen LogP contribution in [0.4, 0.5) is 10.5 Å². The summed E-state index contributed by atoms with van der Waals surface area (Å²) in [6.45, 7) is 0.236. The van der Waals surface area contributed by atoms with Gasteiger partial charge in [-0.15, -0.1) is 0 Å². The van der Waals surface area contributed by atoms with Gasteiger partial charge in [-0.2, -0.15) is 0 Å². The van der Waals surface area contributed by atoms with E-state index in [4.69, 9.17) is 23.2 Å². The van der Waals surface area contributed by atoms with Crippen molar-refractivity contribution in [3.63, 3.8) is 0 Å². The highest BCUT2D eigenvalue weighted by atomic mass is 35.5. The Balaban J connectivity index is 1.77. The number of nitrogens with zero attached hydrogens (tertiary/aromatic N) is 1. The average Bonchev–Trinajstić information content (AvgIpc) is 2.72. The molecule has 1 heterocycles. The van der Waals surface area contributed by atoms with Crippen LogP contribution in [0.1, 0.15) is 23.6 Å². The van der Waals surface area contributed by atoms with Gasteiger partial charge in [-0.05, 0) is 41.5 Å². The Morgan fingerprint density at radius 1 is 1.03 bits per heavy atom. The number of pyridine rings is 1. The van der Waals surface area contributed by atoms with Crippen LogP contribution in [-0.2, 0) is 11.3 Å². The first-order valence-electron chi connectivity index (χ1n) is 9.31. The fourth-order valence-corrected chi connectivity index (χ4v) is 3.43. The molecule has 2 aromatic carbocycles. The lowest BCUT2D eigenvalue weighted by atomic mass is 10.0. The van der Waals surface area contributed by atoms with Crippen molar-refractivity contribution >= 4 is 40.9 Å². The second kappa shape index (κ2) is 10.1. The lowest BCUT2D eigenvalue weighted by Crippen LogP contribution is -2.36. The van der Waals surface area contributed by atoms with Crippen LogP contribution in [0.3, 0.4) is 0 Å². The summed E-state index contributed by atoms with van der Waals surface area (Å²) in [4.78, 5) is 36.5. The Bertz CT molecular complexity index is 1160. The molecule has 7 nitrogen and oxygen atoms in total. The molecule has 2 amide bonds. The molecule has 0 aliphatic heterocycles. The third-order valence-electron chi connectivity index (χ3n) is 4.50. The highest BCUT2D eigenvalue weighted by Gasteiger charge is 2.19. The van der Waals surface area contributed by atoms with Crippen molar-refractivity contribution < 1.29 is 14.7 Å². The van der Waals surface area contributed by atoms with Gasteiger partial charge >= 0.3 is 12.0 Å². The lowest BCUT2D eigenvalue weighted by Gasteiger charge is -2.18. The third-order valence-corrected chi connectivity index (χ3v) is 5.11. The van der Waals surface area contributed by atoms with Crippen molar-refractivity contribution in [2.24, 2.45) is 0 Å². The molecule has 1 aromatic heterocycles. The molecular formula is C22H19Cl2N3O4. The van der Waals surface area contributed by atoms with Crippen molar-refractivity contribution in [3.05, 3.63) is 98.4 Å². The number of amides is 2. The predicted octanol–water partition coefficient (Wildman–Crippen LogP) is 4.54. The standard InChI is InChI=1S/C22H19Cl2N3O4/c23-16-7-3-6-14(11-16)19(12-20(28)29)26-22(31)25-18-9-4-10-27(21(18)30)13-15-5-1-2-8-17(15)24/h1-11,19H,12-13H2,(H,28,29)(H2,25,26,31). The van der Waals surface area contributed by atoms with Crippen LogP contribution in [0.2, 0.25) is 10.0 Å². The Morgan fingerprint density at radius 2 is 1.81 bits per heavy atom. The molecule has 1 atom stereocenters. The predicted molar refractivity (Wildman–Crippen MR) is 120 cm³/mol. The van der Waals surface area contributed by atoms with Crippen LogP contribution in [0.15, 0.2) is 71.7 Å². The largest absolute Gasteiger partial charge is 0.481 e. The molecule has 0 saturated carbocycles. The summed E-state index contributed by atoms with van der Waals surface area (Å²) in [6.07, 6.45) is 1.24. The number of aliphatic carboxylic acids is 1. The maximum absolute atomic E-state index is 12.8. The molecular weight excluding hydrogens is 441 g/mol.